The molecule has 0 atom stereocenters. The first kappa shape index (κ1) is 13.4. The lowest BCUT2D eigenvalue weighted by Gasteiger charge is -2.12. The molecule has 0 spiro atoms. The Bertz CT molecular complexity index is 584. The fraction of sp³-hybridized carbons (Fsp3) is 0.250. The Kier molecular flexibility index (Phi) is 4.01. The zero-order valence-electron chi connectivity index (χ0n) is 10.6. The number of halogens is 1. The predicted molar refractivity (Wildman–Crippen MR) is 71.4 cm³/mol. The maximum Gasteiger partial charge on any atom is 0.246 e. The summed E-state index contributed by atoms with van der Waals surface area (Å²) in [5.41, 5.74) is 1.44. The lowest BCUT2D eigenvalue weighted by atomic mass is 10.2. The van der Waals surface area contributed by atoms with Crippen molar-refractivity contribution in [2.24, 2.45) is 0 Å². The first-order chi connectivity index (χ1) is 9.10. The number of carbonyl (C=O) groups excluding carboxylic acids is 1. The van der Waals surface area contributed by atoms with Crippen LogP contribution in [-0.4, -0.2) is 27.8 Å². The Balaban J connectivity index is 2.14. The third-order valence-corrected chi connectivity index (χ3v) is 2.93. The van der Waals surface area contributed by atoms with Gasteiger partial charge >= 0.3 is 0 Å². The summed E-state index contributed by atoms with van der Waals surface area (Å²) in [5, 5.41) is 7.21. The van der Waals surface area contributed by atoms with Gasteiger partial charge in [-0.05, 0) is 18.6 Å². The van der Waals surface area contributed by atoms with E-state index in [1.165, 1.54) is 24.4 Å². The van der Waals surface area contributed by atoms with Gasteiger partial charge in [-0.2, -0.15) is 5.10 Å². The van der Waals surface area contributed by atoms with Gasteiger partial charge in [-0.15, -0.1) is 0 Å². The van der Waals surface area contributed by atoms with Crippen LogP contribution in [0.25, 0.3) is 0 Å². The number of benzene rings is 1. The molecule has 0 saturated heterocycles. The van der Waals surface area contributed by atoms with Crippen LogP contribution in [0.15, 0.2) is 24.8 Å². The standard InChI is InChI=1S/C12H13ClN4O2/c1-8-3-10(11(19-2)4-9(8)13)16-12(18)5-17-7-14-6-15-17/h3-4,6-7H,5H2,1-2H3,(H,16,18). The molecule has 1 aromatic heterocycles. The summed E-state index contributed by atoms with van der Waals surface area (Å²) in [6.07, 6.45) is 2.85. The van der Waals surface area contributed by atoms with Crippen molar-refractivity contribution >= 4 is 23.2 Å². The van der Waals surface area contributed by atoms with Crippen LogP contribution >= 0.6 is 11.6 Å². The second-order valence-electron chi connectivity index (χ2n) is 3.94. The highest BCUT2D eigenvalue weighted by Crippen LogP contribution is 2.30. The van der Waals surface area contributed by atoms with Crippen LogP contribution in [0, 0.1) is 6.92 Å². The maximum absolute atomic E-state index is 11.9. The zero-order valence-corrected chi connectivity index (χ0v) is 11.3. The first-order valence-electron chi connectivity index (χ1n) is 5.56. The normalized spacial score (nSPS) is 10.3. The molecule has 0 fully saturated rings. The summed E-state index contributed by atoms with van der Waals surface area (Å²) in [6.45, 7) is 1.94. The molecule has 2 rings (SSSR count). The molecule has 1 heterocycles. The molecule has 1 aromatic carbocycles. The third kappa shape index (κ3) is 3.23. The van der Waals surface area contributed by atoms with E-state index in [-0.39, 0.29) is 12.5 Å². The first-order valence-corrected chi connectivity index (χ1v) is 5.94. The fourth-order valence-corrected chi connectivity index (χ4v) is 1.73. The van der Waals surface area contributed by atoms with Gasteiger partial charge in [0.05, 0.1) is 12.8 Å². The van der Waals surface area contributed by atoms with Gasteiger partial charge in [0.25, 0.3) is 0 Å². The van der Waals surface area contributed by atoms with E-state index in [9.17, 15) is 4.79 Å². The summed E-state index contributed by atoms with van der Waals surface area (Å²) in [7, 11) is 1.52. The molecule has 0 aliphatic carbocycles. The highest BCUT2D eigenvalue weighted by atomic mass is 35.5. The monoisotopic (exact) mass is 280 g/mol. The molecule has 0 radical (unpaired) electrons. The van der Waals surface area contributed by atoms with Crippen molar-refractivity contribution < 1.29 is 9.53 Å². The molecule has 7 heteroatoms. The summed E-state index contributed by atoms with van der Waals surface area (Å²) < 4.78 is 6.62. The molecular formula is C12H13ClN4O2. The second-order valence-corrected chi connectivity index (χ2v) is 4.35. The highest BCUT2D eigenvalue weighted by molar-refractivity contribution is 6.31. The minimum atomic E-state index is -0.217. The van der Waals surface area contributed by atoms with Crippen LogP contribution in [0.4, 0.5) is 5.69 Å². The van der Waals surface area contributed by atoms with Crippen molar-refractivity contribution in [1.29, 1.82) is 0 Å². The molecule has 6 nitrogen and oxygen atoms in total. The van der Waals surface area contributed by atoms with Gasteiger partial charge in [0.1, 0.15) is 24.9 Å². The minimum absolute atomic E-state index is 0.0881. The lowest BCUT2D eigenvalue weighted by molar-refractivity contribution is -0.116. The van der Waals surface area contributed by atoms with Gasteiger partial charge in [0.15, 0.2) is 0 Å². The van der Waals surface area contributed by atoms with Gasteiger partial charge in [0.2, 0.25) is 5.91 Å². The van der Waals surface area contributed by atoms with Gasteiger partial charge in [-0.25, -0.2) is 9.67 Å². The number of hydrogen-bond acceptors (Lipinski definition) is 4. The topological polar surface area (TPSA) is 69.0 Å². The quantitative estimate of drug-likeness (QED) is 0.928. The Morgan fingerprint density at radius 1 is 1.53 bits per heavy atom. The fourth-order valence-electron chi connectivity index (χ4n) is 1.58. The summed E-state index contributed by atoms with van der Waals surface area (Å²) in [4.78, 5) is 15.6. The molecule has 1 amide bonds. The lowest BCUT2D eigenvalue weighted by Crippen LogP contribution is -2.19. The molecule has 0 aliphatic rings. The van der Waals surface area contributed by atoms with Crippen molar-refractivity contribution in [3.63, 3.8) is 0 Å². The van der Waals surface area contributed by atoms with Crippen LogP contribution < -0.4 is 10.1 Å². The van der Waals surface area contributed by atoms with E-state index in [4.69, 9.17) is 16.3 Å². The Hall–Kier alpha value is -2.08. The average molecular weight is 281 g/mol. The van der Waals surface area contributed by atoms with Crippen molar-refractivity contribution in [3.8, 4) is 5.75 Å². The molecule has 2 aromatic rings. The van der Waals surface area contributed by atoms with E-state index in [2.05, 4.69) is 15.4 Å². The SMILES string of the molecule is COc1cc(Cl)c(C)cc1NC(=O)Cn1cncn1. The van der Waals surface area contributed by atoms with Crippen LogP contribution in [0.2, 0.25) is 5.02 Å². The Morgan fingerprint density at radius 2 is 2.32 bits per heavy atom. The van der Waals surface area contributed by atoms with E-state index in [1.54, 1.807) is 12.1 Å². The van der Waals surface area contributed by atoms with Crippen LogP contribution in [0.5, 0.6) is 5.75 Å². The van der Waals surface area contributed by atoms with Gasteiger partial charge in [-0.1, -0.05) is 11.6 Å². The van der Waals surface area contributed by atoms with Crippen molar-refractivity contribution in [2.75, 3.05) is 12.4 Å². The third-order valence-electron chi connectivity index (χ3n) is 2.53. The summed E-state index contributed by atoms with van der Waals surface area (Å²) >= 11 is 6.00. The number of methoxy groups -OCH3 is 1. The number of hydrogen-bond donors (Lipinski definition) is 1. The van der Waals surface area contributed by atoms with Crippen molar-refractivity contribution in [2.45, 2.75) is 13.5 Å². The molecular weight excluding hydrogens is 268 g/mol. The number of anilines is 1. The van der Waals surface area contributed by atoms with Crippen LogP contribution in [0.3, 0.4) is 0 Å². The van der Waals surface area contributed by atoms with E-state index >= 15 is 0 Å². The van der Waals surface area contributed by atoms with Gasteiger partial charge < -0.3 is 10.1 Å². The molecule has 0 unspecified atom stereocenters. The number of ether oxygens (including phenoxy) is 1. The number of nitrogens with zero attached hydrogens (tertiary/aromatic N) is 3. The number of aryl methyl sites for hydroxylation is 1. The van der Waals surface area contributed by atoms with Gasteiger partial charge in [0, 0.05) is 11.1 Å². The van der Waals surface area contributed by atoms with Crippen molar-refractivity contribution in [1.82, 2.24) is 14.8 Å². The highest BCUT2D eigenvalue weighted by Gasteiger charge is 2.10. The predicted octanol–water partition coefficient (Wildman–Crippen LogP) is 1.89. The number of aromatic nitrogens is 3. The number of rotatable bonds is 4. The second kappa shape index (κ2) is 5.71. The largest absolute Gasteiger partial charge is 0.495 e. The van der Waals surface area contributed by atoms with E-state index in [1.807, 2.05) is 6.92 Å². The molecule has 19 heavy (non-hydrogen) atoms. The minimum Gasteiger partial charge on any atom is -0.495 e. The summed E-state index contributed by atoms with van der Waals surface area (Å²) in [5.74, 6) is 0.299. The van der Waals surface area contributed by atoms with E-state index in [0.29, 0.717) is 16.5 Å². The van der Waals surface area contributed by atoms with Crippen molar-refractivity contribution in [3.05, 3.63) is 35.4 Å². The van der Waals surface area contributed by atoms with Crippen LogP contribution in [-0.2, 0) is 11.3 Å². The number of amides is 1. The number of nitrogens with one attached hydrogen (secondary N) is 1. The van der Waals surface area contributed by atoms with Gasteiger partial charge in [-0.3, -0.25) is 4.79 Å². The Morgan fingerprint density at radius 3 is 2.95 bits per heavy atom. The molecule has 1 N–H and O–H groups in total. The maximum atomic E-state index is 11.9. The molecule has 0 bridgehead atoms. The smallest absolute Gasteiger partial charge is 0.246 e. The molecule has 100 valence electrons. The molecule has 0 aliphatic heterocycles. The van der Waals surface area contributed by atoms with E-state index in [0.717, 1.165) is 5.56 Å². The molecule has 0 saturated carbocycles. The zero-order chi connectivity index (χ0) is 13.8. The Labute approximate surface area is 115 Å². The number of carbonyl (C=O) groups is 1. The summed E-state index contributed by atoms with van der Waals surface area (Å²) in [6, 6.07) is 3.43. The average Bonchev–Trinajstić information content (AvgIpc) is 2.86. The van der Waals surface area contributed by atoms with Crippen LogP contribution in [0.1, 0.15) is 5.56 Å². The van der Waals surface area contributed by atoms with E-state index < -0.39 is 0 Å².